The molecule has 0 amide bonds. The molecule has 0 N–H and O–H groups in total. The summed E-state index contributed by atoms with van der Waals surface area (Å²) in [5.74, 6) is 2.01. The van der Waals surface area contributed by atoms with Gasteiger partial charge in [0.05, 0.1) is 0 Å². The highest BCUT2D eigenvalue weighted by atomic mass is 32.2. The molecule has 0 bridgehead atoms. The van der Waals surface area contributed by atoms with Crippen LogP contribution in [0.3, 0.4) is 0 Å². The molecule has 0 fully saturated rings. The normalized spacial score (nSPS) is 23.5. The summed E-state index contributed by atoms with van der Waals surface area (Å²) in [5.41, 5.74) is 0. The zero-order chi connectivity index (χ0) is 8.10. The van der Waals surface area contributed by atoms with Gasteiger partial charge in [-0.05, 0) is 24.5 Å². The van der Waals surface area contributed by atoms with E-state index in [2.05, 4.69) is 32.1 Å². The van der Waals surface area contributed by atoms with Gasteiger partial charge in [-0.15, -0.1) is 11.8 Å². The van der Waals surface area contributed by atoms with Crippen LogP contribution in [0.1, 0.15) is 26.7 Å². The maximum atomic E-state index is 2.35. The van der Waals surface area contributed by atoms with Crippen molar-refractivity contribution in [2.45, 2.75) is 26.7 Å². The lowest BCUT2D eigenvalue weighted by atomic mass is 10.0. The molecule has 1 aliphatic rings. The minimum atomic E-state index is 0.751. The summed E-state index contributed by atoms with van der Waals surface area (Å²) in [6, 6.07) is 0. The molecule has 1 unspecified atom stereocenters. The number of hydrogen-bond donors (Lipinski definition) is 0. The average molecular weight is 168 g/mol. The third-order valence-electron chi connectivity index (χ3n) is 1.75. The molecule has 62 valence electrons. The second kappa shape index (κ2) is 4.66. The van der Waals surface area contributed by atoms with Crippen molar-refractivity contribution in [1.82, 2.24) is 0 Å². The van der Waals surface area contributed by atoms with Crippen molar-refractivity contribution in [2.24, 2.45) is 5.92 Å². The van der Waals surface area contributed by atoms with Crippen molar-refractivity contribution < 1.29 is 0 Å². The summed E-state index contributed by atoms with van der Waals surface area (Å²) in [6.45, 7) is 4.48. The topological polar surface area (TPSA) is 0 Å². The van der Waals surface area contributed by atoms with Gasteiger partial charge in [-0.1, -0.05) is 32.1 Å². The van der Waals surface area contributed by atoms with Gasteiger partial charge in [0.1, 0.15) is 0 Å². The second-order valence-electron chi connectivity index (χ2n) is 3.03. The molecule has 0 nitrogen and oxygen atoms in total. The van der Waals surface area contributed by atoms with Crippen LogP contribution in [0, 0.1) is 5.92 Å². The summed E-state index contributed by atoms with van der Waals surface area (Å²) < 4.78 is 0. The second-order valence-corrected chi connectivity index (χ2v) is 4.20. The van der Waals surface area contributed by atoms with Crippen LogP contribution in [0.4, 0.5) is 0 Å². The van der Waals surface area contributed by atoms with Crippen LogP contribution in [-0.4, -0.2) is 5.75 Å². The van der Waals surface area contributed by atoms with Gasteiger partial charge in [0.15, 0.2) is 0 Å². The first-order chi connectivity index (χ1) is 5.33. The Morgan fingerprint density at radius 2 is 2.45 bits per heavy atom. The van der Waals surface area contributed by atoms with Crippen LogP contribution in [0.2, 0.25) is 0 Å². The van der Waals surface area contributed by atoms with E-state index >= 15 is 0 Å². The van der Waals surface area contributed by atoms with Crippen molar-refractivity contribution in [3.63, 3.8) is 0 Å². The molecular weight excluding hydrogens is 152 g/mol. The Balaban J connectivity index is 2.31. The van der Waals surface area contributed by atoms with E-state index in [-0.39, 0.29) is 0 Å². The van der Waals surface area contributed by atoms with Crippen molar-refractivity contribution in [3.8, 4) is 0 Å². The van der Waals surface area contributed by atoms with Crippen LogP contribution < -0.4 is 0 Å². The van der Waals surface area contributed by atoms with Crippen LogP contribution in [0.15, 0.2) is 23.1 Å². The Labute approximate surface area is 73.8 Å². The van der Waals surface area contributed by atoms with Gasteiger partial charge in [0, 0.05) is 4.91 Å². The van der Waals surface area contributed by atoms with E-state index in [1.54, 1.807) is 0 Å². The van der Waals surface area contributed by atoms with Gasteiger partial charge in [0.2, 0.25) is 0 Å². The standard InChI is InChI=1S/C10H16S/c1-3-8-11-10-6-4-9(2)5-7-10/h4,6-7,9H,3,5,8H2,1-2H3. The zero-order valence-electron chi connectivity index (χ0n) is 7.34. The Morgan fingerprint density at radius 1 is 1.64 bits per heavy atom. The van der Waals surface area contributed by atoms with Crippen LogP contribution in [0.25, 0.3) is 0 Å². The molecule has 0 aromatic heterocycles. The third-order valence-corrected chi connectivity index (χ3v) is 3.00. The monoisotopic (exact) mass is 168 g/mol. The minimum absolute atomic E-state index is 0.751. The van der Waals surface area contributed by atoms with E-state index in [9.17, 15) is 0 Å². The lowest BCUT2D eigenvalue weighted by molar-refractivity contribution is 0.735. The molecule has 1 heteroatoms. The average Bonchev–Trinajstić information content (AvgIpc) is 2.04. The lowest BCUT2D eigenvalue weighted by Gasteiger charge is -2.10. The molecule has 0 saturated heterocycles. The van der Waals surface area contributed by atoms with Crippen LogP contribution in [0.5, 0.6) is 0 Å². The maximum absolute atomic E-state index is 2.35. The Morgan fingerprint density at radius 3 is 3.00 bits per heavy atom. The minimum Gasteiger partial charge on any atom is -0.127 e. The predicted octanol–water partition coefficient (Wildman–Crippen LogP) is 3.61. The van der Waals surface area contributed by atoms with Gasteiger partial charge in [-0.25, -0.2) is 0 Å². The van der Waals surface area contributed by atoms with Gasteiger partial charge in [0.25, 0.3) is 0 Å². The number of rotatable bonds is 3. The molecule has 0 aromatic rings. The number of hydrogen-bond acceptors (Lipinski definition) is 1. The lowest BCUT2D eigenvalue weighted by Crippen LogP contribution is -1.92. The van der Waals surface area contributed by atoms with Crippen LogP contribution in [-0.2, 0) is 0 Å². The van der Waals surface area contributed by atoms with Gasteiger partial charge in [-0.3, -0.25) is 0 Å². The molecule has 0 spiro atoms. The summed E-state index contributed by atoms with van der Waals surface area (Å²) in [4.78, 5) is 1.46. The fourth-order valence-corrected chi connectivity index (χ4v) is 1.86. The van der Waals surface area contributed by atoms with E-state index in [1.165, 1.54) is 23.5 Å². The first-order valence-corrected chi connectivity index (χ1v) is 5.32. The highest BCUT2D eigenvalue weighted by Crippen LogP contribution is 2.24. The Hall–Kier alpha value is -0.170. The Kier molecular flexibility index (Phi) is 3.78. The van der Waals surface area contributed by atoms with E-state index in [4.69, 9.17) is 0 Å². The number of thioether (sulfide) groups is 1. The predicted molar refractivity (Wildman–Crippen MR) is 53.8 cm³/mol. The molecule has 0 radical (unpaired) electrons. The van der Waals surface area contributed by atoms with Gasteiger partial charge in [-0.2, -0.15) is 0 Å². The number of allylic oxidation sites excluding steroid dienone is 3. The third kappa shape index (κ3) is 3.15. The van der Waals surface area contributed by atoms with E-state index in [0.29, 0.717) is 0 Å². The SMILES string of the molecule is CCCSC1=CCC(C)C=C1. The first kappa shape index (κ1) is 8.92. The van der Waals surface area contributed by atoms with Gasteiger partial charge < -0.3 is 0 Å². The van der Waals surface area contributed by atoms with E-state index < -0.39 is 0 Å². The fourth-order valence-electron chi connectivity index (χ4n) is 1.03. The summed E-state index contributed by atoms with van der Waals surface area (Å²) in [5, 5.41) is 0. The molecular formula is C10H16S. The fraction of sp³-hybridized carbons (Fsp3) is 0.600. The smallest absolute Gasteiger partial charge is 0.00291 e. The molecule has 1 atom stereocenters. The molecule has 1 aliphatic carbocycles. The van der Waals surface area contributed by atoms with Crippen LogP contribution >= 0.6 is 11.8 Å². The van der Waals surface area contributed by atoms with E-state index in [1.807, 2.05) is 11.8 Å². The molecule has 0 aromatic carbocycles. The van der Waals surface area contributed by atoms with Crippen molar-refractivity contribution >= 4 is 11.8 Å². The molecule has 0 saturated carbocycles. The summed E-state index contributed by atoms with van der Waals surface area (Å²) >= 11 is 1.97. The van der Waals surface area contributed by atoms with Crippen molar-refractivity contribution in [2.75, 3.05) is 5.75 Å². The highest BCUT2D eigenvalue weighted by Gasteiger charge is 2.02. The quantitative estimate of drug-likeness (QED) is 0.620. The molecule has 1 rings (SSSR count). The zero-order valence-corrected chi connectivity index (χ0v) is 8.16. The maximum Gasteiger partial charge on any atom is 0.00291 e. The molecule has 11 heavy (non-hydrogen) atoms. The molecule has 0 heterocycles. The largest absolute Gasteiger partial charge is 0.127 e. The Bertz CT molecular complexity index is 168. The highest BCUT2D eigenvalue weighted by molar-refractivity contribution is 8.03. The van der Waals surface area contributed by atoms with Crippen molar-refractivity contribution in [3.05, 3.63) is 23.1 Å². The summed E-state index contributed by atoms with van der Waals surface area (Å²) in [6.07, 6.45) is 9.41. The molecule has 0 aliphatic heterocycles. The summed E-state index contributed by atoms with van der Waals surface area (Å²) in [7, 11) is 0. The van der Waals surface area contributed by atoms with E-state index in [0.717, 1.165) is 5.92 Å². The van der Waals surface area contributed by atoms with Crippen molar-refractivity contribution in [1.29, 1.82) is 0 Å². The first-order valence-electron chi connectivity index (χ1n) is 4.34. The van der Waals surface area contributed by atoms with Gasteiger partial charge >= 0.3 is 0 Å².